The van der Waals surface area contributed by atoms with E-state index < -0.39 is 0 Å². The smallest absolute Gasteiger partial charge is 0.325 e. The zero-order valence-corrected chi connectivity index (χ0v) is 12.1. The first-order valence-electron chi connectivity index (χ1n) is 5.10. The number of hydrogen-bond donors (Lipinski definition) is 0. The van der Waals surface area contributed by atoms with E-state index in [1.165, 1.54) is 7.11 Å². The Balaban J connectivity index is 2.28. The molecule has 6 heteroatoms. The molecule has 4 nitrogen and oxygen atoms in total. The molecule has 1 aromatic heterocycles. The number of nitrogens with zero attached hydrogens (tertiary/aromatic N) is 2. The molecule has 0 fully saturated rings. The summed E-state index contributed by atoms with van der Waals surface area (Å²) in [7, 11) is 1.53. The van der Waals surface area contributed by atoms with Crippen LogP contribution in [0.4, 0.5) is 0 Å². The van der Waals surface area contributed by atoms with Gasteiger partial charge in [0, 0.05) is 5.02 Å². The first kappa shape index (κ1) is 13.1. The standard InChI is InChI=1S/C12H10BrClN2O2/c1-7-5-8(14)3-4-10(7)18-12-15-6-9(13)11(16-12)17-2/h3-6H,1-2H3. The minimum absolute atomic E-state index is 0.223. The van der Waals surface area contributed by atoms with Gasteiger partial charge in [0.25, 0.3) is 0 Å². The fourth-order valence-electron chi connectivity index (χ4n) is 1.35. The van der Waals surface area contributed by atoms with Crippen LogP contribution in [0.3, 0.4) is 0 Å². The summed E-state index contributed by atoms with van der Waals surface area (Å²) in [6.07, 6.45) is 1.58. The van der Waals surface area contributed by atoms with Crippen LogP contribution in [-0.4, -0.2) is 17.1 Å². The molecule has 0 aliphatic heterocycles. The Bertz CT molecular complexity index is 578. The van der Waals surface area contributed by atoms with Crippen LogP contribution < -0.4 is 9.47 Å². The molecule has 0 bridgehead atoms. The number of rotatable bonds is 3. The molecule has 0 amide bonds. The van der Waals surface area contributed by atoms with Gasteiger partial charge in [-0.05, 0) is 46.6 Å². The van der Waals surface area contributed by atoms with Gasteiger partial charge in [-0.25, -0.2) is 4.98 Å². The quantitative estimate of drug-likeness (QED) is 0.853. The lowest BCUT2D eigenvalue weighted by molar-refractivity contribution is 0.373. The SMILES string of the molecule is COc1nc(Oc2ccc(Cl)cc2C)ncc1Br. The van der Waals surface area contributed by atoms with Gasteiger partial charge in [-0.15, -0.1) is 0 Å². The maximum absolute atomic E-state index is 5.88. The Morgan fingerprint density at radius 1 is 1.33 bits per heavy atom. The third-order valence-corrected chi connectivity index (χ3v) is 3.00. The second kappa shape index (κ2) is 5.54. The highest BCUT2D eigenvalue weighted by molar-refractivity contribution is 9.10. The molecule has 1 aromatic carbocycles. The van der Waals surface area contributed by atoms with Crippen molar-refractivity contribution in [1.82, 2.24) is 9.97 Å². The first-order valence-corrected chi connectivity index (χ1v) is 6.28. The third-order valence-electron chi connectivity index (χ3n) is 2.22. The number of hydrogen-bond acceptors (Lipinski definition) is 4. The molecule has 0 saturated heterocycles. The summed E-state index contributed by atoms with van der Waals surface area (Å²) in [6.45, 7) is 1.90. The maximum Gasteiger partial charge on any atom is 0.325 e. The second-order valence-corrected chi connectivity index (χ2v) is 4.81. The van der Waals surface area contributed by atoms with E-state index in [-0.39, 0.29) is 6.01 Å². The Morgan fingerprint density at radius 2 is 2.11 bits per heavy atom. The molecule has 0 aliphatic carbocycles. The van der Waals surface area contributed by atoms with Gasteiger partial charge in [0.15, 0.2) is 0 Å². The van der Waals surface area contributed by atoms with E-state index in [1.54, 1.807) is 18.3 Å². The van der Waals surface area contributed by atoms with Crippen molar-refractivity contribution >= 4 is 27.5 Å². The molecule has 2 rings (SSSR count). The van der Waals surface area contributed by atoms with Crippen molar-refractivity contribution in [1.29, 1.82) is 0 Å². The normalized spacial score (nSPS) is 10.2. The Kier molecular flexibility index (Phi) is 4.04. The van der Waals surface area contributed by atoms with E-state index in [2.05, 4.69) is 25.9 Å². The second-order valence-electron chi connectivity index (χ2n) is 3.52. The highest BCUT2D eigenvalue weighted by Crippen LogP contribution is 2.28. The number of aryl methyl sites for hydroxylation is 1. The Hall–Kier alpha value is -1.33. The fraction of sp³-hybridized carbons (Fsp3) is 0.167. The molecule has 1 heterocycles. The van der Waals surface area contributed by atoms with Gasteiger partial charge in [0.1, 0.15) is 5.75 Å². The molecule has 0 atom stereocenters. The largest absolute Gasteiger partial charge is 0.480 e. The summed E-state index contributed by atoms with van der Waals surface area (Å²) in [5, 5.41) is 0.661. The number of benzene rings is 1. The molecule has 94 valence electrons. The summed E-state index contributed by atoms with van der Waals surface area (Å²) >= 11 is 9.15. The minimum Gasteiger partial charge on any atom is -0.480 e. The Labute approximate surface area is 118 Å². The van der Waals surface area contributed by atoms with E-state index in [9.17, 15) is 0 Å². The van der Waals surface area contributed by atoms with Gasteiger partial charge in [0.05, 0.1) is 17.8 Å². The molecule has 0 aliphatic rings. The average Bonchev–Trinajstić information content (AvgIpc) is 2.35. The van der Waals surface area contributed by atoms with Crippen LogP contribution in [0.1, 0.15) is 5.56 Å². The first-order chi connectivity index (χ1) is 8.60. The van der Waals surface area contributed by atoms with Gasteiger partial charge < -0.3 is 9.47 Å². The van der Waals surface area contributed by atoms with Crippen LogP contribution in [0.2, 0.25) is 5.02 Å². The number of methoxy groups -OCH3 is 1. The van der Waals surface area contributed by atoms with E-state index >= 15 is 0 Å². The third kappa shape index (κ3) is 2.91. The van der Waals surface area contributed by atoms with E-state index in [0.29, 0.717) is 21.1 Å². The summed E-state index contributed by atoms with van der Waals surface area (Å²) in [4.78, 5) is 8.17. The minimum atomic E-state index is 0.223. The average molecular weight is 330 g/mol. The summed E-state index contributed by atoms with van der Waals surface area (Å²) in [6, 6.07) is 5.56. The highest BCUT2D eigenvalue weighted by atomic mass is 79.9. The van der Waals surface area contributed by atoms with Crippen molar-refractivity contribution in [3.8, 4) is 17.6 Å². The van der Waals surface area contributed by atoms with Crippen LogP contribution in [0, 0.1) is 6.92 Å². The number of ether oxygens (including phenoxy) is 2. The zero-order valence-electron chi connectivity index (χ0n) is 9.78. The van der Waals surface area contributed by atoms with Gasteiger partial charge in [-0.3, -0.25) is 0 Å². The molecular formula is C12H10BrClN2O2. The van der Waals surface area contributed by atoms with Crippen molar-refractivity contribution in [2.45, 2.75) is 6.92 Å². The predicted molar refractivity (Wildman–Crippen MR) is 72.5 cm³/mol. The molecule has 0 unspecified atom stereocenters. The van der Waals surface area contributed by atoms with Gasteiger partial charge in [-0.1, -0.05) is 11.6 Å². The fourth-order valence-corrected chi connectivity index (χ4v) is 1.93. The molecule has 0 N–H and O–H groups in total. The molecular weight excluding hydrogens is 320 g/mol. The van der Waals surface area contributed by atoms with E-state index in [4.69, 9.17) is 21.1 Å². The Morgan fingerprint density at radius 3 is 2.78 bits per heavy atom. The van der Waals surface area contributed by atoms with Crippen LogP contribution in [0.5, 0.6) is 17.6 Å². The maximum atomic E-state index is 5.88. The molecule has 0 radical (unpaired) electrons. The summed E-state index contributed by atoms with van der Waals surface area (Å²) in [5.41, 5.74) is 0.910. The summed E-state index contributed by atoms with van der Waals surface area (Å²) < 4.78 is 11.3. The summed E-state index contributed by atoms with van der Waals surface area (Å²) in [5.74, 6) is 1.08. The van der Waals surface area contributed by atoms with Crippen LogP contribution in [-0.2, 0) is 0 Å². The van der Waals surface area contributed by atoms with Crippen molar-refractivity contribution in [2.75, 3.05) is 7.11 Å². The molecule has 0 spiro atoms. The van der Waals surface area contributed by atoms with E-state index in [0.717, 1.165) is 5.56 Å². The van der Waals surface area contributed by atoms with Gasteiger partial charge >= 0.3 is 6.01 Å². The predicted octanol–water partition coefficient (Wildman–Crippen LogP) is 4.00. The van der Waals surface area contributed by atoms with E-state index in [1.807, 2.05) is 13.0 Å². The zero-order chi connectivity index (χ0) is 13.1. The van der Waals surface area contributed by atoms with Crippen molar-refractivity contribution in [2.24, 2.45) is 0 Å². The van der Waals surface area contributed by atoms with Crippen molar-refractivity contribution < 1.29 is 9.47 Å². The lowest BCUT2D eigenvalue weighted by Crippen LogP contribution is -1.96. The lowest BCUT2D eigenvalue weighted by Gasteiger charge is -2.08. The lowest BCUT2D eigenvalue weighted by atomic mass is 10.2. The van der Waals surface area contributed by atoms with Gasteiger partial charge in [0.2, 0.25) is 5.88 Å². The number of aromatic nitrogens is 2. The molecule has 0 saturated carbocycles. The van der Waals surface area contributed by atoms with Crippen molar-refractivity contribution in [3.05, 3.63) is 39.5 Å². The van der Waals surface area contributed by atoms with Gasteiger partial charge in [-0.2, -0.15) is 4.98 Å². The van der Waals surface area contributed by atoms with Crippen LogP contribution in [0.15, 0.2) is 28.9 Å². The van der Waals surface area contributed by atoms with Crippen LogP contribution in [0.25, 0.3) is 0 Å². The van der Waals surface area contributed by atoms with Crippen molar-refractivity contribution in [3.63, 3.8) is 0 Å². The molecule has 18 heavy (non-hydrogen) atoms. The molecule has 2 aromatic rings. The number of halogens is 2. The highest BCUT2D eigenvalue weighted by Gasteiger charge is 2.08. The topological polar surface area (TPSA) is 44.2 Å². The monoisotopic (exact) mass is 328 g/mol. The van der Waals surface area contributed by atoms with Crippen LogP contribution >= 0.6 is 27.5 Å².